The minimum atomic E-state index is -0.275. The Bertz CT molecular complexity index is 270. The molecule has 0 saturated heterocycles. The molecule has 0 aliphatic rings. The third-order valence-corrected chi connectivity index (χ3v) is 2.43. The third kappa shape index (κ3) is 2.06. The molecule has 0 aromatic carbocycles. The quantitative estimate of drug-likeness (QED) is 0.716. The van der Waals surface area contributed by atoms with Crippen LogP contribution in [0.3, 0.4) is 0 Å². The Hall–Kier alpha value is -0.870. The summed E-state index contributed by atoms with van der Waals surface area (Å²) < 4.78 is 4.57. The molecule has 0 unspecified atom stereocenters. The Morgan fingerprint density at radius 1 is 1.75 bits per heavy atom. The fourth-order valence-corrected chi connectivity index (χ4v) is 1.74. The molecule has 0 atom stereocenters. The SMILES string of the molecule is COC(=O)c1cc(CCN)cs1. The van der Waals surface area contributed by atoms with Crippen molar-refractivity contribution < 1.29 is 9.53 Å². The number of hydrogen-bond acceptors (Lipinski definition) is 4. The minimum Gasteiger partial charge on any atom is -0.465 e. The van der Waals surface area contributed by atoms with Gasteiger partial charge in [-0.3, -0.25) is 0 Å². The molecular formula is C8H11NO2S. The minimum absolute atomic E-state index is 0.275. The van der Waals surface area contributed by atoms with Gasteiger partial charge in [-0.2, -0.15) is 0 Å². The summed E-state index contributed by atoms with van der Waals surface area (Å²) in [6, 6.07) is 1.82. The van der Waals surface area contributed by atoms with E-state index in [0.29, 0.717) is 11.4 Å². The highest BCUT2D eigenvalue weighted by Crippen LogP contribution is 2.15. The molecule has 0 saturated carbocycles. The van der Waals surface area contributed by atoms with Crippen LogP contribution in [0.2, 0.25) is 0 Å². The van der Waals surface area contributed by atoms with E-state index in [2.05, 4.69) is 4.74 Å². The zero-order valence-corrected chi connectivity index (χ0v) is 7.69. The molecule has 12 heavy (non-hydrogen) atoms. The molecule has 1 rings (SSSR count). The molecule has 1 heterocycles. The van der Waals surface area contributed by atoms with Crippen molar-refractivity contribution in [3.63, 3.8) is 0 Å². The number of carbonyl (C=O) groups is 1. The van der Waals surface area contributed by atoms with Crippen LogP contribution < -0.4 is 5.73 Å². The number of ether oxygens (including phenoxy) is 1. The van der Waals surface area contributed by atoms with E-state index < -0.39 is 0 Å². The maximum Gasteiger partial charge on any atom is 0.348 e. The Morgan fingerprint density at radius 2 is 2.50 bits per heavy atom. The average molecular weight is 185 g/mol. The van der Waals surface area contributed by atoms with Gasteiger partial charge in [-0.05, 0) is 30.0 Å². The molecule has 0 bridgehead atoms. The lowest BCUT2D eigenvalue weighted by Crippen LogP contribution is -2.02. The first-order valence-corrected chi connectivity index (χ1v) is 4.51. The molecule has 0 aliphatic heterocycles. The predicted octanol–water partition coefficient (Wildman–Crippen LogP) is 1.04. The summed E-state index contributed by atoms with van der Waals surface area (Å²) in [6.45, 7) is 0.608. The van der Waals surface area contributed by atoms with Crippen LogP contribution in [0.1, 0.15) is 15.2 Å². The van der Waals surface area contributed by atoms with Crippen LogP contribution in [0.4, 0.5) is 0 Å². The van der Waals surface area contributed by atoms with Crippen molar-refractivity contribution in [2.24, 2.45) is 5.73 Å². The number of methoxy groups -OCH3 is 1. The fraction of sp³-hybridized carbons (Fsp3) is 0.375. The Kier molecular flexibility index (Phi) is 3.25. The van der Waals surface area contributed by atoms with Crippen molar-refractivity contribution in [3.05, 3.63) is 21.9 Å². The summed E-state index contributed by atoms with van der Waals surface area (Å²) in [5, 5.41) is 1.93. The van der Waals surface area contributed by atoms with E-state index in [1.165, 1.54) is 18.4 Å². The van der Waals surface area contributed by atoms with Crippen LogP contribution in [-0.2, 0) is 11.2 Å². The molecule has 3 nitrogen and oxygen atoms in total. The standard InChI is InChI=1S/C8H11NO2S/c1-11-8(10)7-4-6(2-3-9)5-12-7/h4-5H,2-3,9H2,1H3. The van der Waals surface area contributed by atoms with Crippen molar-refractivity contribution in [1.82, 2.24) is 0 Å². The number of hydrogen-bond donors (Lipinski definition) is 1. The second-order valence-corrected chi connectivity index (χ2v) is 3.26. The first-order valence-electron chi connectivity index (χ1n) is 3.63. The van der Waals surface area contributed by atoms with Gasteiger partial charge in [0, 0.05) is 0 Å². The van der Waals surface area contributed by atoms with E-state index in [1.807, 2.05) is 11.4 Å². The van der Waals surface area contributed by atoms with E-state index in [-0.39, 0.29) is 5.97 Å². The summed E-state index contributed by atoms with van der Waals surface area (Å²) in [7, 11) is 1.38. The monoisotopic (exact) mass is 185 g/mol. The van der Waals surface area contributed by atoms with Crippen molar-refractivity contribution >= 4 is 17.3 Å². The van der Waals surface area contributed by atoms with Gasteiger partial charge in [-0.25, -0.2) is 4.79 Å². The molecule has 1 aromatic heterocycles. The van der Waals surface area contributed by atoms with E-state index in [4.69, 9.17) is 5.73 Å². The zero-order valence-electron chi connectivity index (χ0n) is 6.87. The fourth-order valence-electron chi connectivity index (χ4n) is 0.881. The van der Waals surface area contributed by atoms with Gasteiger partial charge in [0.05, 0.1) is 7.11 Å². The van der Waals surface area contributed by atoms with Crippen molar-refractivity contribution in [2.45, 2.75) is 6.42 Å². The van der Waals surface area contributed by atoms with Gasteiger partial charge in [0.2, 0.25) is 0 Å². The lowest BCUT2D eigenvalue weighted by Gasteiger charge is -1.92. The summed E-state index contributed by atoms with van der Waals surface area (Å²) in [4.78, 5) is 11.6. The average Bonchev–Trinajstić information content (AvgIpc) is 2.52. The number of nitrogens with two attached hydrogens (primary N) is 1. The zero-order chi connectivity index (χ0) is 8.97. The van der Waals surface area contributed by atoms with Crippen LogP contribution in [0.15, 0.2) is 11.4 Å². The maximum atomic E-state index is 11.0. The maximum absolute atomic E-state index is 11.0. The van der Waals surface area contributed by atoms with Crippen molar-refractivity contribution in [1.29, 1.82) is 0 Å². The van der Waals surface area contributed by atoms with Gasteiger partial charge in [0.25, 0.3) is 0 Å². The van der Waals surface area contributed by atoms with E-state index in [0.717, 1.165) is 12.0 Å². The Balaban J connectivity index is 2.70. The van der Waals surface area contributed by atoms with Gasteiger partial charge in [0.15, 0.2) is 0 Å². The topological polar surface area (TPSA) is 52.3 Å². The lowest BCUT2D eigenvalue weighted by molar-refractivity contribution is 0.0606. The van der Waals surface area contributed by atoms with Gasteiger partial charge < -0.3 is 10.5 Å². The molecule has 66 valence electrons. The van der Waals surface area contributed by atoms with Crippen LogP contribution in [0, 0.1) is 0 Å². The first-order chi connectivity index (χ1) is 5.77. The van der Waals surface area contributed by atoms with Gasteiger partial charge >= 0.3 is 5.97 Å². The number of thiophene rings is 1. The highest BCUT2D eigenvalue weighted by atomic mass is 32.1. The van der Waals surface area contributed by atoms with E-state index >= 15 is 0 Å². The molecule has 4 heteroatoms. The summed E-state index contributed by atoms with van der Waals surface area (Å²) in [5.41, 5.74) is 6.47. The van der Waals surface area contributed by atoms with Gasteiger partial charge in [-0.1, -0.05) is 0 Å². The molecular weight excluding hydrogens is 174 g/mol. The largest absolute Gasteiger partial charge is 0.465 e. The molecule has 0 aliphatic carbocycles. The molecule has 2 N–H and O–H groups in total. The van der Waals surface area contributed by atoms with E-state index in [1.54, 1.807) is 0 Å². The second-order valence-electron chi connectivity index (χ2n) is 2.35. The first kappa shape index (κ1) is 9.22. The molecule has 0 radical (unpaired) electrons. The smallest absolute Gasteiger partial charge is 0.348 e. The van der Waals surface area contributed by atoms with Crippen LogP contribution in [-0.4, -0.2) is 19.6 Å². The molecule has 0 spiro atoms. The Morgan fingerprint density at radius 3 is 3.08 bits per heavy atom. The van der Waals surface area contributed by atoms with Crippen LogP contribution in [0.5, 0.6) is 0 Å². The predicted molar refractivity (Wildman–Crippen MR) is 48.4 cm³/mol. The second kappa shape index (κ2) is 4.23. The molecule has 0 fully saturated rings. The molecule has 0 amide bonds. The van der Waals surface area contributed by atoms with Crippen molar-refractivity contribution in [3.8, 4) is 0 Å². The highest BCUT2D eigenvalue weighted by Gasteiger charge is 2.07. The van der Waals surface area contributed by atoms with Gasteiger partial charge in [0.1, 0.15) is 4.88 Å². The summed E-state index contributed by atoms with van der Waals surface area (Å²) in [5.74, 6) is -0.275. The normalized spacial score (nSPS) is 9.83. The number of rotatable bonds is 3. The van der Waals surface area contributed by atoms with Gasteiger partial charge in [-0.15, -0.1) is 11.3 Å². The third-order valence-electron chi connectivity index (χ3n) is 1.47. The van der Waals surface area contributed by atoms with Crippen molar-refractivity contribution in [2.75, 3.05) is 13.7 Å². The molecule has 1 aromatic rings. The number of carbonyl (C=O) groups excluding carboxylic acids is 1. The summed E-state index contributed by atoms with van der Waals surface area (Å²) >= 11 is 1.39. The Labute approximate surface area is 75.1 Å². The lowest BCUT2D eigenvalue weighted by atomic mass is 10.2. The number of esters is 1. The van der Waals surface area contributed by atoms with Crippen LogP contribution in [0.25, 0.3) is 0 Å². The summed E-state index contributed by atoms with van der Waals surface area (Å²) in [6.07, 6.45) is 0.813. The van der Waals surface area contributed by atoms with E-state index in [9.17, 15) is 4.79 Å². The highest BCUT2D eigenvalue weighted by molar-refractivity contribution is 7.12. The van der Waals surface area contributed by atoms with Crippen LogP contribution >= 0.6 is 11.3 Å².